The number of nitrogens with one attached hydrogen (secondary N) is 1. The van der Waals surface area contributed by atoms with Crippen LogP contribution in [-0.4, -0.2) is 37.0 Å². The van der Waals surface area contributed by atoms with Crippen LogP contribution in [0.1, 0.15) is 71.1 Å². The molecule has 2 aliphatic rings. The van der Waals surface area contributed by atoms with Gasteiger partial charge in [-0.05, 0) is 39.3 Å². The predicted molar refractivity (Wildman–Crippen MR) is 126 cm³/mol. The Morgan fingerprint density at radius 3 is 2.70 bits per heavy atom. The number of pyridine rings is 1. The standard InChI is InChI=1S/C26H22F3N5O3/c1-11-14(9-30-24(31-11)26(2,3)36)15-10-34-19(8-16(15)27)33-21-17-7-13(22(21)34)20-12(23(35)32-17)5-4-6-18(20)37-25(28)29/h4-6,8-10,13,17,25,36H,7H2,1-3H3,(H,32,35)/t13-,17-/m1/s1. The average molecular weight is 509 g/mol. The molecule has 0 fully saturated rings. The number of hydrogen-bond acceptors (Lipinski definition) is 6. The molecule has 0 spiro atoms. The van der Waals surface area contributed by atoms with Gasteiger partial charge in [-0.1, -0.05) is 6.07 Å². The molecular weight excluding hydrogens is 487 g/mol. The highest BCUT2D eigenvalue weighted by Gasteiger charge is 2.43. The summed E-state index contributed by atoms with van der Waals surface area (Å²) >= 11 is 0. The Bertz CT molecular complexity index is 1590. The lowest BCUT2D eigenvalue weighted by Crippen LogP contribution is -2.27. The van der Waals surface area contributed by atoms with Crippen LogP contribution in [0.15, 0.2) is 36.7 Å². The molecule has 0 saturated carbocycles. The van der Waals surface area contributed by atoms with Gasteiger partial charge in [0.05, 0.1) is 17.4 Å². The summed E-state index contributed by atoms with van der Waals surface area (Å²) in [6.07, 6.45) is 3.45. The summed E-state index contributed by atoms with van der Waals surface area (Å²) in [4.78, 5) is 26.1. The number of aryl methyl sites for hydroxylation is 1. The summed E-state index contributed by atoms with van der Waals surface area (Å²) < 4.78 is 48.3. The highest BCUT2D eigenvalue weighted by molar-refractivity contribution is 5.98. The molecule has 2 bridgehead atoms. The van der Waals surface area contributed by atoms with Gasteiger partial charge in [-0.3, -0.25) is 4.79 Å². The van der Waals surface area contributed by atoms with E-state index in [0.717, 1.165) is 0 Å². The number of rotatable bonds is 4. The molecule has 6 rings (SSSR count). The summed E-state index contributed by atoms with van der Waals surface area (Å²) in [5.41, 5.74) is 2.00. The van der Waals surface area contributed by atoms with Gasteiger partial charge in [0.2, 0.25) is 0 Å². The molecule has 4 aromatic rings. The number of alkyl halides is 2. The molecule has 1 aliphatic heterocycles. The number of hydrogen-bond donors (Lipinski definition) is 2. The van der Waals surface area contributed by atoms with Crippen LogP contribution >= 0.6 is 0 Å². The number of benzene rings is 1. The van der Waals surface area contributed by atoms with Crippen molar-refractivity contribution in [1.29, 1.82) is 0 Å². The lowest BCUT2D eigenvalue weighted by Gasteiger charge is -2.19. The Kier molecular flexibility index (Phi) is 5.07. The fourth-order valence-electron chi connectivity index (χ4n) is 5.31. The number of amides is 1. The number of carbonyl (C=O) groups is 1. The number of fused-ring (bicyclic) bond motifs is 9. The normalized spacial score (nSPS) is 18.5. The SMILES string of the molecule is Cc1nc(C(C)(C)O)ncc1-c1cn2c3c(nc2cc1F)[C@H]1C[C@@H]3c2c(OC(F)F)cccc2C(=O)N1. The average Bonchev–Trinajstić information content (AvgIpc) is 3.29. The topological polar surface area (TPSA) is 102 Å². The van der Waals surface area contributed by atoms with E-state index in [9.17, 15) is 18.7 Å². The zero-order valence-corrected chi connectivity index (χ0v) is 20.1. The van der Waals surface area contributed by atoms with Crippen LogP contribution in [0.5, 0.6) is 5.75 Å². The molecule has 0 saturated heterocycles. The summed E-state index contributed by atoms with van der Waals surface area (Å²) in [7, 11) is 0. The van der Waals surface area contributed by atoms with Gasteiger partial charge in [-0.15, -0.1) is 0 Å². The molecule has 2 atom stereocenters. The molecule has 4 heterocycles. The summed E-state index contributed by atoms with van der Waals surface area (Å²) in [6.45, 7) is 1.76. The van der Waals surface area contributed by atoms with Gasteiger partial charge < -0.3 is 19.6 Å². The van der Waals surface area contributed by atoms with E-state index in [0.29, 0.717) is 40.3 Å². The number of aromatic nitrogens is 4. The number of carbonyl (C=O) groups excluding carboxylic acids is 1. The maximum Gasteiger partial charge on any atom is 0.387 e. The van der Waals surface area contributed by atoms with Crippen molar-refractivity contribution in [1.82, 2.24) is 24.7 Å². The van der Waals surface area contributed by atoms with Crippen molar-refractivity contribution in [3.8, 4) is 16.9 Å². The number of nitrogens with zero attached hydrogens (tertiary/aromatic N) is 4. The first-order chi connectivity index (χ1) is 17.5. The molecule has 2 N–H and O–H groups in total. The smallest absolute Gasteiger partial charge is 0.387 e. The molecular formula is C26H22F3N5O3. The second kappa shape index (κ2) is 8.01. The maximum absolute atomic E-state index is 15.3. The Hall–Kier alpha value is -3.99. The van der Waals surface area contributed by atoms with E-state index in [1.54, 1.807) is 37.4 Å². The first kappa shape index (κ1) is 23.4. The Morgan fingerprint density at radius 1 is 1.22 bits per heavy atom. The quantitative estimate of drug-likeness (QED) is 0.423. The fraction of sp³-hybridized carbons (Fsp3) is 0.308. The van der Waals surface area contributed by atoms with Crippen LogP contribution in [0.25, 0.3) is 16.8 Å². The zero-order valence-electron chi connectivity index (χ0n) is 20.1. The molecule has 1 aliphatic carbocycles. The van der Waals surface area contributed by atoms with Gasteiger partial charge in [-0.2, -0.15) is 8.78 Å². The minimum Gasteiger partial charge on any atom is -0.434 e. The van der Waals surface area contributed by atoms with Crippen molar-refractivity contribution in [2.75, 3.05) is 0 Å². The Morgan fingerprint density at radius 2 is 2.00 bits per heavy atom. The van der Waals surface area contributed by atoms with Crippen molar-refractivity contribution < 1.29 is 27.8 Å². The Balaban J connectivity index is 1.55. The number of imidazole rings is 1. The number of aliphatic hydroxyl groups is 1. The molecule has 3 aromatic heterocycles. The van der Waals surface area contributed by atoms with Gasteiger partial charge in [0.15, 0.2) is 5.82 Å². The minimum absolute atomic E-state index is 0.0788. The largest absolute Gasteiger partial charge is 0.434 e. The molecule has 0 unspecified atom stereocenters. The van der Waals surface area contributed by atoms with Gasteiger partial charge in [-0.25, -0.2) is 19.3 Å². The molecule has 37 heavy (non-hydrogen) atoms. The highest BCUT2D eigenvalue weighted by atomic mass is 19.3. The van der Waals surface area contributed by atoms with Gasteiger partial charge in [0, 0.05) is 52.3 Å². The van der Waals surface area contributed by atoms with Gasteiger partial charge >= 0.3 is 6.61 Å². The number of ether oxygens (including phenoxy) is 1. The van der Waals surface area contributed by atoms with E-state index in [1.165, 1.54) is 24.4 Å². The first-order valence-electron chi connectivity index (χ1n) is 11.7. The van der Waals surface area contributed by atoms with Crippen LogP contribution < -0.4 is 10.1 Å². The van der Waals surface area contributed by atoms with Gasteiger partial charge in [0.1, 0.15) is 22.8 Å². The summed E-state index contributed by atoms with van der Waals surface area (Å²) in [5, 5.41) is 13.2. The summed E-state index contributed by atoms with van der Waals surface area (Å²) in [6, 6.07) is 5.30. The maximum atomic E-state index is 15.3. The van der Waals surface area contributed by atoms with Crippen LogP contribution in [-0.2, 0) is 5.60 Å². The molecule has 1 aromatic carbocycles. The lowest BCUT2D eigenvalue weighted by atomic mass is 9.91. The first-order valence-corrected chi connectivity index (χ1v) is 11.7. The van der Waals surface area contributed by atoms with E-state index in [-0.39, 0.29) is 22.7 Å². The summed E-state index contributed by atoms with van der Waals surface area (Å²) in [5.74, 6) is -1.32. The lowest BCUT2D eigenvalue weighted by molar-refractivity contribution is -0.0506. The molecule has 0 radical (unpaired) electrons. The van der Waals surface area contributed by atoms with E-state index < -0.39 is 35.9 Å². The van der Waals surface area contributed by atoms with Crippen LogP contribution in [0, 0.1) is 12.7 Å². The minimum atomic E-state index is -3.06. The van der Waals surface area contributed by atoms with Crippen LogP contribution in [0.2, 0.25) is 0 Å². The van der Waals surface area contributed by atoms with E-state index in [1.807, 2.05) is 0 Å². The Labute approximate surface area is 209 Å². The molecule has 1 amide bonds. The zero-order chi connectivity index (χ0) is 26.2. The third kappa shape index (κ3) is 3.64. The van der Waals surface area contributed by atoms with Crippen molar-refractivity contribution in [3.63, 3.8) is 0 Å². The molecule has 8 nitrogen and oxygen atoms in total. The van der Waals surface area contributed by atoms with E-state index >= 15 is 4.39 Å². The second-order valence-electron chi connectivity index (χ2n) is 9.81. The van der Waals surface area contributed by atoms with E-state index in [4.69, 9.17) is 4.74 Å². The third-order valence-corrected chi connectivity index (χ3v) is 6.90. The monoisotopic (exact) mass is 509 g/mol. The third-order valence-electron chi connectivity index (χ3n) is 6.90. The van der Waals surface area contributed by atoms with Crippen LogP contribution in [0.4, 0.5) is 13.2 Å². The highest BCUT2D eigenvalue weighted by Crippen LogP contribution is 2.50. The fourth-order valence-corrected chi connectivity index (χ4v) is 5.31. The van der Waals surface area contributed by atoms with Gasteiger partial charge in [0.25, 0.3) is 5.91 Å². The van der Waals surface area contributed by atoms with Crippen molar-refractivity contribution >= 4 is 11.6 Å². The predicted octanol–water partition coefficient (Wildman–Crippen LogP) is 4.39. The van der Waals surface area contributed by atoms with Crippen molar-refractivity contribution in [2.45, 2.75) is 51.4 Å². The number of halogens is 3. The van der Waals surface area contributed by atoms with Crippen molar-refractivity contribution in [2.24, 2.45) is 0 Å². The van der Waals surface area contributed by atoms with Crippen molar-refractivity contribution in [3.05, 3.63) is 76.5 Å². The van der Waals surface area contributed by atoms with Crippen LogP contribution in [0.3, 0.4) is 0 Å². The second-order valence-corrected chi connectivity index (χ2v) is 9.81. The molecule has 11 heteroatoms. The van der Waals surface area contributed by atoms with E-state index in [2.05, 4.69) is 20.3 Å². The molecule has 190 valence electrons.